The van der Waals surface area contributed by atoms with E-state index in [9.17, 15) is 9.59 Å². The van der Waals surface area contributed by atoms with Gasteiger partial charge < -0.3 is 19.9 Å². The smallest absolute Gasteiger partial charge is 0.268 e. The van der Waals surface area contributed by atoms with E-state index in [-0.39, 0.29) is 18.2 Å². The zero-order valence-corrected chi connectivity index (χ0v) is 16.1. The van der Waals surface area contributed by atoms with Crippen LogP contribution in [0.25, 0.3) is 0 Å². The van der Waals surface area contributed by atoms with Crippen LogP contribution in [0, 0.1) is 0 Å². The SMILES string of the molecule is CN1C(=O)C(CC(=O)Nc2ccc(N3CCCCC3)cc2)Oc2ccccc21. The minimum absolute atomic E-state index is 0.0224. The number of fused-ring (bicyclic) bond motifs is 1. The van der Waals surface area contributed by atoms with Crippen LogP contribution in [-0.4, -0.2) is 38.1 Å². The number of piperidine rings is 1. The van der Waals surface area contributed by atoms with Gasteiger partial charge in [-0.25, -0.2) is 0 Å². The molecule has 1 N–H and O–H groups in total. The Kier molecular flexibility index (Phi) is 5.19. The van der Waals surface area contributed by atoms with Crippen molar-refractivity contribution >= 4 is 28.9 Å². The molecule has 2 aliphatic heterocycles. The second-order valence-electron chi connectivity index (χ2n) is 7.32. The summed E-state index contributed by atoms with van der Waals surface area (Å²) in [4.78, 5) is 28.9. The van der Waals surface area contributed by atoms with Gasteiger partial charge >= 0.3 is 0 Å². The fraction of sp³-hybridized carbons (Fsp3) is 0.364. The van der Waals surface area contributed by atoms with Crippen molar-refractivity contribution in [2.45, 2.75) is 31.8 Å². The molecule has 4 rings (SSSR count). The largest absolute Gasteiger partial charge is 0.478 e. The number of hydrogen-bond donors (Lipinski definition) is 1. The van der Waals surface area contributed by atoms with Crippen LogP contribution in [0.4, 0.5) is 17.1 Å². The van der Waals surface area contributed by atoms with E-state index in [4.69, 9.17) is 4.74 Å². The van der Waals surface area contributed by atoms with Gasteiger partial charge in [-0.3, -0.25) is 9.59 Å². The number of para-hydroxylation sites is 2. The number of nitrogens with one attached hydrogen (secondary N) is 1. The van der Waals surface area contributed by atoms with Gasteiger partial charge in [0.1, 0.15) is 5.75 Å². The van der Waals surface area contributed by atoms with Gasteiger partial charge in [0.15, 0.2) is 6.10 Å². The summed E-state index contributed by atoms with van der Waals surface area (Å²) in [6.07, 6.45) is 2.92. The summed E-state index contributed by atoms with van der Waals surface area (Å²) in [7, 11) is 1.70. The van der Waals surface area contributed by atoms with Crippen molar-refractivity contribution in [2.75, 3.05) is 35.3 Å². The summed E-state index contributed by atoms with van der Waals surface area (Å²) in [5.41, 5.74) is 2.63. The topological polar surface area (TPSA) is 61.9 Å². The highest BCUT2D eigenvalue weighted by Gasteiger charge is 2.33. The van der Waals surface area contributed by atoms with Crippen molar-refractivity contribution in [1.29, 1.82) is 0 Å². The van der Waals surface area contributed by atoms with Gasteiger partial charge in [-0.15, -0.1) is 0 Å². The van der Waals surface area contributed by atoms with Gasteiger partial charge in [0.2, 0.25) is 5.91 Å². The van der Waals surface area contributed by atoms with E-state index in [1.165, 1.54) is 24.9 Å². The lowest BCUT2D eigenvalue weighted by Crippen LogP contribution is -2.45. The molecule has 146 valence electrons. The van der Waals surface area contributed by atoms with E-state index in [2.05, 4.69) is 10.2 Å². The fourth-order valence-electron chi connectivity index (χ4n) is 3.79. The van der Waals surface area contributed by atoms with Crippen molar-refractivity contribution < 1.29 is 14.3 Å². The summed E-state index contributed by atoms with van der Waals surface area (Å²) in [5.74, 6) is 0.166. The van der Waals surface area contributed by atoms with Crippen LogP contribution in [0.15, 0.2) is 48.5 Å². The molecule has 2 heterocycles. The number of nitrogens with zero attached hydrogens (tertiary/aromatic N) is 2. The van der Waals surface area contributed by atoms with Crippen LogP contribution >= 0.6 is 0 Å². The van der Waals surface area contributed by atoms with Crippen molar-refractivity contribution in [3.05, 3.63) is 48.5 Å². The van der Waals surface area contributed by atoms with Gasteiger partial charge in [-0.1, -0.05) is 12.1 Å². The number of rotatable bonds is 4. The number of carbonyl (C=O) groups is 2. The van der Waals surface area contributed by atoms with Crippen molar-refractivity contribution in [1.82, 2.24) is 0 Å². The Morgan fingerprint density at radius 2 is 1.79 bits per heavy atom. The molecule has 2 aliphatic rings. The van der Waals surface area contributed by atoms with E-state index in [0.29, 0.717) is 5.75 Å². The summed E-state index contributed by atoms with van der Waals surface area (Å²) in [5, 5.41) is 2.87. The highest BCUT2D eigenvalue weighted by molar-refractivity contribution is 6.03. The molecule has 2 amide bonds. The molecule has 0 spiro atoms. The molecule has 0 aliphatic carbocycles. The normalized spacial score (nSPS) is 19.0. The molecule has 1 fully saturated rings. The number of anilines is 3. The first-order chi connectivity index (χ1) is 13.6. The van der Waals surface area contributed by atoms with Gasteiger partial charge in [-0.2, -0.15) is 0 Å². The lowest BCUT2D eigenvalue weighted by Gasteiger charge is -2.31. The Bertz CT molecular complexity index is 860. The predicted molar refractivity (Wildman–Crippen MR) is 110 cm³/mol. The number of amides is 2. The van der Waals surface area contributed by atoms with E-state index in [0.717, 1.165) is 24.5 Å². The third kappa shape index (κ3) is 3.81. The maximum atomic E-state index is 12.5. The summed E-state index contributed by atoms with van der Waals surface area (Å²) >= 11 is 0. The number of carbonyl (C=O) groups excluding carboxylic acids is 2. The maximum Gasteiger partial charge on any atom is 0.268 e. The molecule has 2 aromatic rings. The third-order valence-electron chi connectivity index (χ3n) is 5.34. The van der Waals surface area contributed by atoms with Gasteiger partial charge in [0.05, 0.1) is 12.1 Å². The highest BCUT2D eigenvalue weighted by Crippen LogP contribution is 2.33. The molecule has 0 saturated carbocycles. The quantitative estimate of drug-likeness (QED) is 0.884. The van der Waals surface area contributed by atoms with E-state index in [1.807, 2.05) is 48.5 Å². The first kappa shape index (κ1) is 18.3. The van der Waals surface area contributed by atoms with Crippen molar-refractivity contribution in [2.24, 2.45) is 0 Å². The van der Waals surface area contributed by atoms with Gasteiger partial charge in [0, 0.05) is 31.5 Å². The van der Waals surface area contributed by atoms with Crippen molar-refractivity contribution in [3.63, 3.8) is 0 Å². The van der Waals surface area contributed by atoms with Crippen LogP contribution in [0.2, 0.25) is 0 Å². The minimum Gasteiger partial charge on any atom is -0.478 e. The van der Waals surface area contributed by atoms with E-state index in [1.54, 1.807) is 11.9 Å². The Labute approximate surface area is 165 Å². The molecule has 2 aromatic carbocycles. The molecule has 28 heavy (non-hydrogen) atoms. The lowest BCUT2D eigenvalue weighted by molar-refractivity contribution is -0.130. The zero-order valence-electron chi connectivity index (χ0n) is 16.1. The van der Waals surface area contributed by atoms with E-state index < -0.39 is 6.10 Å². The summed E-state index contributed by atoms with van der Waals surface area (Å²) < 4.78 is 5.76. The third-order valence-corrected chi connectivity index (χ3v) is 5.34. The van der Waals surface area contributed by atoms with Crippen LogP contribution < -0.4 is 19.9 Å². The molecule has 1 unspecified atom stereocenters. The zero-order chi connectivity index (χ0) is 19.5. The van der Waals surface area contributed by atoms with Gasteiger partial charge in [0.25, 0.3) is 5.91 Å². The summed E-state index contributed by atoms with van der Waals surface area (Å²) in [6, 6.07) is 15.2. The van der Waals surface area contributed by atoms with Crippen LogP contribution in [0.1, 0.15) is 25.7 Å². The Balaban J connectivity index is 1.37. The minimum atomic E-state index is -0.812. The Hall–Kier alpha value is -3.02. The fourth-order valence-corrected chi connectivity index (χ4v) is 3.79. The van der Waals surface area contributed by atoms with Crippen LogP contribution in [-0.2, 0) is 9.59 Å². The van der Waals surface area contributed by atoms with Crippen molar-refractivity contribution in [3.8, 4) is 5.75 Å². The second-order valence-corrected chi connectivity index (χ2v) is 7.32. The lowest BCUT2D eigenvalue weighted by atomic mass is 10.1. The average molecular weight is 379 g/mol. The number of benzene rings is 2. The average Bonchev–Trinajstić information content (AvgIpc) is 2.73. The first-order valence-corrected chi connectivity index (χ1v) is 9.80. The molecule has 1 saturated heterocycles. The van der Waals surface area contributed by atoms with E-state index >= 15 is 0 Å². The molecular formula is C22H25N3O3. The monoisotopic (exact) mass is 379 g/mol. The first-order valence-electron chi connectivity index (χ1n) is 9.80. The van der Waals surface area contributed by atoms with Crippen LogP contribution in [0.5, 0.6) is 5.75 Å². The van der Waals surface area contributed by atoms with Crippen LogP contribution in [0.3, 0.4) is 0 Å². The summed E-state index contributed by atoms with van der Waals surface area (Å²) in [6.45, 7) is 2.17. The number of ether oxygens (including phenoxy) is 1. The Morgan fingerprint density at radius 1 is 1.07 bits per heavy atom. The molecule has 6 heteroatoms. The maximum absolute atomic E-state index is 12.5. The molecule has 0 radical (unpaired) electrons. The molecule has 6 nitrogen and oxygen atoms in total. The molecule has 0 aromatic heterocycles. The predicted octanol–water partition coefficient (Wildman–Crippen LogP) is 3.43. The molecule has 1 atom stereocenters. The van der Waals surface area contributed by atoms with Gasteiger partial charge in [-0.05, 0) is 55.7 Å². The second kappa shape index (κ2) is 7.92. The molecule has 0 bridgehead atoms. The molecular weight excluding hydrogens is 354 g/mol. The highest BCUT2D eigenvalue weighted by atomic mass is 16.5. The number of hydrogen-bond acceptors (Lipinski definition) is 4. The number of likely N-dealkylation sites (N-methyl/N-ethyl adjacent to an activating group) is 1. The standard InChI is InChI=1S/C22H25N3O3/c1-24-18-7-3-4-8-19(18)28-20(22(24)27)15-21(26)23-16-9-11-17(12-10-16)25-13-5-2-6-14-25/h3-4,7-12,20H,2,5-6,13-15H2,1H3,(H,23,26). The Morgan fingerprint density at radius 3 is 2.54 bits per heavy atom.